The van der Waals surface area contributed by atoms with E-state index in [-0.39, 0.29) is 11.8 Å². The minimum atomic E-state index is -0.919. The molecule has 37 heavy (non-hydrogen) atoms. The van der Waals surface area contributed by atoms with Gasteiger partial charge >= 0.3 is 6.09 Å². The van der Waals surface area contributed by atoms with E-state index in [1.165, 1.54) is 4.90 Å². The molecular weight excluding hydrogens is 490 g/mol. The first-order valence-corrected chi connectivity index (χ1v) is 13.7. The summed E-state index contributed by atoms with van der Waals surface area (Å²) < 4.78 is 10.6. The third-order valence-electron chi connectivity index (χ3n) is 5.64. The lowest BCUT2D eigenvalue weighted by Crippen LogP contribution is -2.51. The number of thioether (sulfide) groups is 1. The fourth-order valence-corrected chi connectivity index (χ4v) is 4.16. The summed E-state index contributed by atoms with van der Waals surface area (Å²) in [5.41, 5.74) is 1.66. The molecule has 202 valence electrons. The van der Waals surface area contributed by atoms with Crippen LogP contribution in [-0.4, -0.2) is 60.6 Å². The molecule has 0 aromatic heterocycles. The van der Waals surface area contributed by atoms with E-state index in [2.05, 4.69) is 17.6 Å². The van der Waals surface area contributed by atoms with Crippen LogP contribution in [0.1, 0.15) is 51.3 Å². The highest BCUT2D eigenvalue weighted by Crippen LogP contribution is 2.25. The maximum Gasteiger partial charge on any atom is 0.408 e. The molecule has 2 unspecified atom stereocenters. The summed E-state index contributed by atoms with van der Waals surface area (Å²) in [4.78, 5) is 41.1. The number of hydrogen-bond donors (Lipinski definition) is 2. The maximum atomic E-state index is 13.7. The van der Waals surface area contributed by atoms with Crippen LogP contribution in [0.2, 0.25) is 0 Å². The van der Waals surface area contributed by atoms with E-state index in [9.17, 15) is 14.4 Å². The van der Waals surface area contributed by atoms with E-state index in [4.69, 9.17) is 9.47 Å². The molecule has 2 rings (SSSR count). The van der Waals surface area contributed by atoms with Gasteiger partial charge in [0.1, 0.15) is 23.4 Å². The Morgan fingerprint density at radius 1 is 1.03 bits per heavy atom. The van der Waals surface area contributed by atoms with E-state index in [0.717, 1.165) is 12.0 Å². The number of amides is 3. The molecule has 8 nitrogen and oxygen atoms in total. The van der Waals surface area contributed by atoms with Gasteiger partial charge < -0.3 is 25.0 Å². The zero-order valence-electron chi connectivity index (χ0n) is 22.8. The van der Waals surface area contributed by atoms with Crippen LogP contribution in [0.25, 0.3) is 0 Å². The molecule has 2 aromatic rings. The first-order valence-electron chi connectivity index (χ1n) is 12.3. The van der Waals surface area contributed by atoms with Gasteiger partial charge in [-0.1, -0.05) is 31.2 Å². The monoisotopic (exact) mass is 529 g/mol. The van der Waals surface area contributed by atoms with Crippen molar-refractivity contribution in [3.05, 3.63) is 59.7 Å². The fourth-order valence-electron chi connectivity index (χ4n) is 3.69. The van der Waals surface area contributed by atoms with Gasteiger partial charge in [-0.3, -0.25) is 9.59 Å². The average molecular weight is 530 g/mol. The Hall–Kier alpha value is -3.20. The second-order valence-corrected chi connectivity index (χ2v) is 10.6. The zero-order valence-corrected chi connectivity index (χ0v) is 23.6. The molecule has 2 atom stereocenters. The molecule has 0 bridgehead atoms. The van der Waals surface area contributed by atoms with Crippen LogP contribution < -0.4 is 15.4 Å². The first kappa shape index (κ1) is 30.0. The number of nitrogens with zero attached hydrogens (tertiary/aromatic N) is 1. The van der Waals surface area contributed by atoms with Gasteiger partial charge in [-0.05, 0) is 81.0 Å². The number of nitrogens with one attached hydrogen (secondary N) is 2. The highest BCUT2D eigenvalue weighted by atomic mass is 32.2. The normalized spacial score (nSPS) is 12.7. The Labute approximate surface area is 224 Å². The molecule has 0 aliphatic heterocycles. The predicted octanol–water partition coefficient (Wildman–Crippen LogP) is 5.04. The van der Waals surface area contributed by atoms with Crippen LogP contribution in [0.3, 0.4) is 0 Å². The number of anilines is 1. The first-order chi connectivity index (χ1) is 17.5. The Bertz CT molecular complexity index is 1040. The van der Waals surface area contributed by atoms with Crippen molar-refractivity contribution in [2.45, 2.75) is 58.2 Å². The van der Waals surface area contributed by atoms with Crippen LogP contribution in [0.4, 0.5) is 10.5 Å². The summed E-state index contributed by atoms with van der Waals surface area (Å²) in [7, 11) is 3.15. The second-order valence-electron chi connectivity index (χ2n) is 9.64. The quantitative estimate of drug-likeness (QED) is 0.423. The third kappa shape index (κ3) is 9.31. The van der Waals surface area contributed by atoms with Gasteiger partial charge in [0.25, 0.3) is 5.91 Å². The SMILES string of the molecule is CCc1ccc(C(C(=O)Nc2ccc(OC)cc2)N(C)C(=O)C(CCSC)NC(=O)OC(C)(C)C)cc1. The molecular formula is C28H39N3O5S. The maximum absolute atomic E-state index is 13.7. The smallest absolute Gasteiger partial charge is 0.408 e. The van der Waals surface area contributed by atoms with Crippen molar-refractivity contribution >= 4 is 35.4 Å². The number of carbonyl (C=O) groups excluding carboxylic acids is 3. The molecule has 0 spiro atoms. The van der Waals surface area contributed by atoms with E-state index in [0.29, 0.717) is 29.2 Å². The summed E-state index contributed by atoms with van der Waals surface area (Å²) >= 11 is 1.57. The second kappa shape index (κ2) is 13.9. The Balaban J connectivity index is 2.35. The molecule has 9 heteroatoms. The number of carbonyl (C=O) groups is 3. The van der Waals surface area contributed by atoms with Crippen LogP contribution in [-0.2, 0) is 20.7 Å². The van der Waals surface area contributed by atoms with Crippen molar-refractivity contribution in [1.29, 1.82) is 0 Å². The van der Waals surface area contributed by atoms with Crippen molar-refractivity contribution in [3.8, 4) is 5.75 Å². The zero-order chi connectivity index (χ0) is 27.6. The van der Waals surface area contributed by atoms with Gasteiger partial charge in [0.05, 0.1) is 7.11 Å². The van der Waals surface area contributed by atoms with Crippen molar-refractivity contribution in [1.82, 2.24) is 10.2 Å². The molecule has 0 saturated heterocycles. The molecule has 0 heterocycles. The van der Waals surface area contributed by atoms with E-state index < -0.39 is 23.8 Å². The van der Waals surface area contributed by atoms with Crippen LogP contribution in [0.5, 0.6) is 5.75 Å². The fraction of sp³-hybridized carbons (Fsp3) is 0.464. The van der Waals surface area contributed by atoms with Gasteiger partial charge in [-0.25, -0.2) is 4.79 Å². The number of rotatable bonds is 11. The molecule has 0 saturated carbocycles. The topological polar surface area (TPSA) is 97.0 Å². The predicted molar refractivity (Wildman–Crippen MR) is 149 cm³/mol. The highest BCUT2D eigenvalue weighted by Gasteiger charge is 2.34. The molecule has 0 aliphatic rings. The van der Waals surface area contributed by atoms with E-state index in [1.807, 2.05) is 30.5 Å². The number of likely N-dealkylation sites (N-methyl/N-ethyl adjacent to an activating group) is 1. The van der Waals surface area contributed by atoms with Crippen molar-refractivity contribution in [3.63, 3.8) is 0 Å². The summed E-state index contributed by atoms with van der Waals surface area (Å²) in [5.74, 6) is 0.566. The lowest BCUT2D eigenvalue weighted by Gasteiger charge is -2.31. The largest absolute Gasteiger partial charge is 0.497 e. The van der Waals surface area contributed by atoms with E-state index in [1.54, 1.807) is 71.0 Å². The summed E-state index contributed by atoms with van der Waals surface area (Å²) in [6.07, 6.45) is 2.51. The van der Waals surface area contributed by atoms with Crippen molar-refractivity contribution in [2.24, 2.45) is 0 Å². The Kier molecular flexibility index (Phi) is 11.3. The lowest BCUT2D eigenvalue weighted by atomic mass is 10.0. The molecule has 0 fully saturated rings. The van der Waals surface area contributed by atoms with Crippen LogP contribution in [0, 0.1) is 0 Å². The number of benzene rings is 2. The molecule has 3 amide bonds. The van der Waals surface area contributed by atoms with Gasteiger partial charge in [0.15, 0.2) is 0 Å². The number of ether oxygens (including phenoxy) is 2. The Morgan fingerprint density at radius 2 is 1.65 bits per heavy atom. The molecule has 2 aromatic carbocycles. The molecule has 2 N–H and O–H groups in total. The number of alkyl carbamates (subject to hydrolysis) is 1. The van der Waals surface area contributed by atoms with Crippen molar-refractivity contribution < 1.29 is 23.9 Å². The molecule has 0 aliphatic carbocycles. The van der Waals surface area contributed by atoms with Crippen LogP contribution in [0.15, 0.2) is 48.5 Å². The van der Waals surface area contributed by atoms with Crippen LogP contribution >= 0.6 is 11.8 Å². The molecule has 0 radical (unpaired) electrons. The van der Waals surface area contributed by atoms with Gasteiger partial charge in [-0.15, -0.1) is 0 Å². The summed E-state index contributed by atoms with van der Waals surface area (Å²) in [6.45, 7) is 7.34. The minimum absolute atomic E-state index is 0.369. The summed E-state index contributed by atoms with van der Waals surface area (Å²) in [5, 5.41) is 5.61. The van der Waals surface area contributed by atoms with E-state index >= 15 is 0 Å². The minimum Gasteiger partial charge on any atom is -0.497 e. The average Bonchev–Trinajstić information content (AvgIpc) is 2.86. The summed E-state index contributed by atoms with van der Waals surface area (Å²) in [6, 6.07) is 12.8. The number of hydrogen-bond acceptors (Lipinski definition) is 6. The van der Waals surface area contributed by atoms with Crippen molar-refractivity contribution in [2.75, 3.05) is 31.5 Å². The van der Waals surface area contributed by atoms with Gasteiger partial charge in [-0.2, -0.15) is 11.8 Å². The lowest BCUT2D eigenvalue weighted by molar-refractivity contribution is -0.139. The number of methoxy groups -OCH3 is 1. The Morgan fingerprint density at radius 3 is 2.16 bits per heavy atom. The third-order valence-corrected chi connectivity index (χ3v) is 6.29. The number of aryl methyl sites for hydroxylation is 1. The highest BCUT2D eigenvalue weighted by molar-refractivity contribution is 7.98. The van der Waals surface area contributed by atoms with Gasteiger partial charge in [0.2, 0.25) is 5.91 Å². The standard InChI is InChI=1S/C28H39N3O5S/c1-8-19-9-11-20(12-10-19)24(25(32)29-21-13-15-22(35-6)16-14-21)31(5)26(33)23(17-18-37-7)30-27(34)36-28(2,3)4/h9-16,23-24H,8,17-18H2,1-7H3,(H,29,32)(H,30,34). The van der Waals surface area contributed by atoms with Gasteiger partial charge in [0, 0.05) is 12.7 Å².